The largest absolute Gasteiger partial charge is 0.383 e. The fourth-order valence-electron chi connectivity index (χ4n) is 2.89. The molecule has 2 atom stereocenters. The Bertz CT molecular complexity index is 186. The fraction of sp³-hybridized carbons (Fsp3) is 1.00. The van der Waals surface area contributed by atoms with Crippen molar-refractivity contribution in [2.75, 3.05) is 33.9 Å². The average molecular weight is 215 g/mol. The molecule has 2 aliphatic heterocycles. The van der Waals surface area contributed by atoms with Crippen LogP contribution in [0.25, 0.3) is 0 Å². The molecule has 0 aromatic heterocycles. The summed E-state index contributed by atoms with van der Waals surface area (Å²) in [6.07, 6.45) is 4.17. The summed E-state index contributed by atoms with van der Waals surface area (Å²) < 4.78 is 10.7. The van der Waals surface area contributed by atoms with Crippen molar-refractivity contribution < 1.29 is 9.47 Å². The third-order valence-electron chi connectivity index (χ3n) is 3.52. The second-order valence-electron chi connectivity index (χ2n) is 4.27. The van der Waals surface area contributed by atoms with Crippen molar-refractivity contribution in [1.29, 1.82) is 0 Å². The Kier molecular flexibility index (Phi) is 5.03. The molecule has 2 saturated heterocycles. The molecule has 90 valence electrons. The third-order valence-corrected chi connectivity index (χ3v) is 3.52. The summed E-state index contributed by atoms with van der Waals surface area (Å²) in [5.74, 6) is 0. The van der Waals surface area contributed by atoms with Gasteiger partial charge in [0.05, 0.1) is 12.7 Å². The lowest BCUT2D eigenvalue weighted by Gasteiger charge is -2.30. The zero-order valence-corrected chi connectivity index (χ0v) is 10.6. The lowest BCUT2D eigenvalue weighted by molar-refractivity contribution is 0.0632. The molecule has 0 amide bonds. The number of fused-ring (bicyclic) bond motifs is 1. The molecular weight excluding hydrogens is 190 g/mol. The van der Waals surface area contributed by atoms with Gasteiger partial charge in [0.1, 0.15) is 0 Å². The summed E-state index contributed by atoms with van der Waals surface area (Å²) >= 11 is 0. The van der Waals surface area contributed by atoms with Crippen LogP contribution in [0.15, 0.2) is 0 Å². The van der Waals surface area contributed by atoms with Gasteiger partial charge in [0.2, 0.25) is 0 Å². The van der Waals surface area contributed by atoms with Crippen LogP contribution in [0.2, 0.25) is 0 Å². The molecule has 0 bridgehead atoms. The molecule has 0 aromatic carbocycles. The van der Waals surface area contributed by atoms with Gasteiger partial charge in [0.15, 0.2) is 0 Å². The number of hydrogen-bond donors (Lipinski definition) is 0. The van der Waals surface area contributed by atoms with E-state index in [1.807, 2.05) is 21.0 Å². The van der Waals surface area contributed by atoms with E-state index in [4.69, 9.17) is 9.47 Å². The minimum atomic E-state index is 0.315. The van der Waals surface area contributed by atoms with E-state index in [2.05, 4.69) is 4.90 Å². The van der Waals surface area contributed by atoms with Crippen molar-refractivity contribution >= 4 is 0 Å². The van der Waals surface area contributed by atoms with Crippen molar-refractivity contribution in [3.05, 3.63) is 0 Å². The smallest absolute Gasteiger partial charge is 0.0716 e. The van der Waals surface area contributed by atoms with Gasteiger partial charge in [0, 0.05) is 26.3 Å². The molecule has 2 rings (SSSR count). The molecular formula is C12H25NO2. The second kappa shape index (κ2) is 5.83. The van der Waals surface area contributed by atoms with E-state index < -0.39 is 0 Å². The zero-order valence-electron chi connectivity index (χ0n) is 10.6. The third kappa shape index (κ3) is 2.52. The summed E-state index contributed by atoms with van der Waals surface area (Å²) in [6.45, 7) is 7.19. The topological polar surface area (TPSA) is 21.7 Å². The summed E-state index contributed by atoms with van der Waals surface area (Å²) in [7, 11) is 3.61. The molecule has 2 fully saturated rings. The summed E-state index contributed by atoms with van der Waals surface area (Å²) in [4.78, 5) is 2.55. The standard InChI is InChI=1S/C10H19NO2.C2H6/c1-12-8-10-4-3-5-11(10)7-9(6-10)13-2;1-2/h9H,3-8H2,1-2H3;1-2H3. The van der Waals surface area contributed by atoms with Crippen molar-refractivity contribution in [2.24, 2.45) is 0 Å². The maximum absolute atomic E-state index is 5.42. The molecule has 0 N–H and O–H groups in total. The summed E-state index contributed by atoms with van der Waals surface area (Å²) in [6, 6.07) is 0. The fourth-order valence-corrected chi connectivity index (χ4v) is 2.89. The molecule has 0 saturated carbocycles. The highest BCUT2D eigenvalue weighted by Crippen LogP contribution is 2.39. The Hall–Kier alpha value is -0.120. The van der Waals surface area contributed by atoms with Gasteiger partial charge in [-0.2, -0.15) is 0 Å². The summed E-state index contributed by atoms with van der Waals surface area (Å²) in [5.41, 5.74) is 0.315. The molecule has 0 radical (unpaired) electrons. The van der Waals surface area contributed by atoms with Gasteiger partial charge in [-0.1, -0.05) is 13.8 Å². The molecule has 2 unspecified atom stereocenters. The van der Waals surface area contributed by atoms with Crippen LogP contribution < -0.4 is 0 Å². The molecule has 2 heterocycles. The van der Waals surface area contributed by atoms with E-state index in [9.17, 15) is 0 Å². The minimum Gasteiger partial charge on any atom is -0.383 e. The van der Waals surface area contributed by atoms with Gasteiger partial charge >= 0.3 is 0 Å². The van der Waals surface area contributed by atoms with E-state index in [-0.39, 0.29) is 0 Å². The second-order valence-corrected chi connectivity index (χ2v) is 4.27. The van der Waals surface area contributed by atoms with Gasteiger partial charge in [-0.3, -0.25) is 4.90 Å². The van der Waals surface area contributed by atoms with Gasteiger partial charge in [-0.15, -0.1) is 0 Å². The van der Waals surface area contributed by atoms with Crippen LogP contribution in [-0.4, -0.2) is 50.5 Å². The lowest BCUT2D eigenvalue weighted by atomic mass is 9.94. The van der Waals surface area contributed by atoms with Gasteiger partial charge in [-0.25, -0.2) is 0 Å². The van der Waals surface area contributed by atoms with E-state index >= 15 is 0 Å². The molecule has 3 heteroatoms. The van der Waals surface area contributed by atoms with Crippen LogP contribution in [-0.2, 0) is 9.47 Å². The first-order chi connectivity index (χ1) is 7.30. The number of ether oxygens (including phenoxy) is 2. The Morgan fingerprint density at radius 3 is 2.67 bits per heavy atom. The van der Waals surface area contributed by atoms with Crippen molar-refractivity contribution in [1.82, 2.24) is 4.90 Å². The Morgan fingerprint density at radius 2 is 2.07 bits per heavy atom. The Morgan fingerprint density at radius 1 is 1.33 bits per heavy atom. The van der Waals surface area contributed by atoms with Crippen LogP contribution in [0.5, 0.6) is 0 Å². The van der Waals surface area contributed by atoms with Crippen LogP contribution in [0.1, 0.15) is 33.1 Å². The Balaban J connectivity index is 0.000000531. The highest BCUT2D eigenvalue weighted by atomic mass is 16.5. The molecule has 0 aliphatic carbocycles. The first-order valence-electron chi connectivity index (χ1n) is 6.07. The summed E-state index contributed by atoms with van der Waals surface area (Å²) in [5, 5.41) is 0. The van der Waals surface area contributed by atoms with Crippen molar-refractivity contribution in [3.63, 3.8) is 0 Å². The first-order valence-corrected chi connectivity index (χ1v) is 6.07. The van der Waals surface area contributed by atoms with Crippen LogP contribution in [0, 0.1) is 0 Å². The van der Waals surface area contributed by atoms with Gasteiger partial charge < -0.3 is 9.47 Å². The molecule has 3 nitrogen and oxygen atoms in total. The van der Waals surface area contributed by atoms with E-state index in [1.54, 1.807) is 7.11 Å². The predicted molar refractivity (Wildman–Crippen MR) is 62.2 cm³/mol. The number of hydrogen-bond acceptors (Lipinski definition) is 3. The van der Waals surface area contributed by atoms with Crippen molar-refractivity contribution in [3.8, 4) is 0 Å². The average Bonchev–Trinajstić information content (AvgIpc) is 2.77. The highest BCUT2D eigenvalue weighted by Gasteiger charge is 2.48. The number of rotatable bonds is 3. The molecule has 15 heavy (non-hydrogen) atoms. The van der Waals surface area contributed by atoms with Gasteiger partial charge in [0.25, 0.3) is 0 Å². The highest BCUT2D eigenvalue weighted by molar-refractivity contribution is 5.03. The SMILES string of the molecule is CC.COCC12CCCN1CC(OC)C2. The van der Waals surface area contributed by atoms with Crippen LogP contribution in [0.4, 0.5) is 0 Å². The van der Waals surface area contributed by atoms with Crippen LogP contribution in [0.3, 0.4) is 0 Å². The van der Waals surface area contributed by atoms with Crippen LogP contribution >= 0.6 is 0 Å². The normalized spacial score (nSPS) is 34.8. The Labute approximate surface area is 93.7 Å². The monoisotopic (exact) mass is 215 g/mol. The maximum Gasteiger partial charge on any atom is 0.0716 e. The molecule has 0 spiro atoms. The maximum atomic E-state index is 5.42. The molecule has 2 aliphatic rings. The van der Waals surface area contributed by atoms with Gasteiger partial charge in [-0.05, 0) is 25.8 Å². The van der Waals surface area contributed by atoms with Crippen molar-refractivity contribution in [2.45, 2.75) is 44.8 Å². The lowest BCUT2D eigenvalue weighted by Crippen LogP contribution is -2.42. The predicted octanol–water partition coefficient (Wildman–Crippen LogP) is 1.91. The van der Waals surface area contributed by atoms with E-state index in [0.29, 0.717) is 11.6 Å². The minimum absolute atomic E-state index is 0.315. The van der Waals surface area contributed by atoms with E-state index in [1.165, 1.54) is 19.4 Å². The van der Waals surface area contributed by atoms with E-state index in [0.717, 1.165) is 19.6 Å². The quantitative estimate of drug-likeness (QED) is 0.718. The number of methoxy groups -OCH3 is 2. The number of nitrogens with zero attached hydrogens (tertiary/aromatic N) is 1. The first kappa shape index (κ1) is 12.9. The zero-order chi connectivity index (χ0) is 11.3. The molecule has 0 aromatic rings.